The van der Waals surface area contributed by atoms with Crippen molar-refractivity contribution in [3.8, 4) is 11.5 Å². The van der Waals surface area contributed by atoms with Crippen LogP contribution >= 0.6 is 34.8 Å². The molecule has 3 N–H and O–H groups in total. The Morgan fingerprint density at radius 1 is 1.33 bits per heavy atom. The minimum absolute atomic E-state index is 0.0372. The van der Waals surface area contributed by atoms with Crippen LogP contribution in [0.25, 0.3) is 0 Å². The van der Waals surface area contributed by atoms with E-state index in [1.807, 2.05) is 29.5 Å². The molecular formula is C17H18IN3O4S2. The number of hydrogen-bond donors (Lipinski definition) is 2. The third-order valence-electron chi connectivity index (χ3n) is 3.22. The van der Waals surface area contributed by atoms with E-state index in [4.69, 9.17) is 14.7 Å². The number of nitrogens with one attached hydrogen (secondary N) is 1. The van der Waals surface area contributed by atoms with E-state index in [2.05, 4.69) is 22.7 Å². The van der Waals surface area contributed by atoms with Gasteiger partial charge in [-0.3, -0.25) is 5.43 Å². The van der Waals surface area contributed by atoms with Crippen molar-refractivity contribution in [2.45, 2.75) is 18.7 Å². The minimum atomic E-state index is -4.00. The lowest BCUT2D eigenvalue weighted by atomic mass is 10.2. The predicted octanol–water partition coefficient (Wildman–Crippen LogP) is 2.93. The Morgan fingerprint density at radius 3 is 2.59 bits per heavy atom. The van der Waals surface area contributed by atoms with Crippen molar-refractivity contribution >= 4 is 56.3 Å². The minimum Gasteiger partial charge on any atom is -0.490 e. The van der Waals surface area contributed by atoms with Gasteiger partial charge in [0.25, 0.3) is 0 Å². The second kappa shape index (κ2) is 9.33. The number of hydrogen-bond acceptors (Lipinski definition) is 6. The Balaban J connectivity index is 2.38. The van der Waals surface area contributed by atoms with Crippen molar-refractivity contribution in [2.75, 3.05) is 6.61 Å². The largest absolute Gasteiger partial charge is 0.490 e. The van der Waals surface area contributed by atoms with Gasteiger partial charge in [-0.25, -0.2) is 0 Å². The summed E-state index contributed by atoms with van der Waals surface area (Å²) < 4.78 is 36.7. The summed E-state index contributed by atoms with van der Waals surface area (Å²) in [6.45, 7) is 4.00. The summed E-state index contributed by atoms with van der Waals surface area (Å²) in [7, 11) is -4.00. The van der Waals surface area contributed by atoms with Crippen LogP contribution in [0.5, 0.6) is 11.5 Å². The molecule has 2 aromatic rings. The molecule has 7 nitrogen and oxygen atoms in total. The second-order valence-electron chi connectivity index (χ2n) is 5.35. The molecule has 2 rings (SSSR count). The molecule has 0 bridgehead atoms. The number of ether oxygens (including phenoxy) is 1. The van der Waals surface area contributed by atoms with Crippen molar-refractivity contribution in [3.63, 3.8) is 0 Å². The molecule has 0 heterocycles. The summed E-state index contributed by atoms with van der Waals surface area (Å²) in [5.74, 6) is 0.411. The molecule has 2 aromatic carbocycles. The molecule has 0 saturated carbocycles. The zero-order valence-corrected chi connectivity index (χ0v) is 18.4. The summed E-state index contributed by atoms with van der Waals surface area (Å²) in [6, 6.07) is 9.74. The van der Waals surface area contributed by atoms with Crippen LogP contribution < -0.4 is 20.1 Å². The Kier molecular flexibility index (Phi) is 7.39. The van der Waals surface area contributed by atoms with Gasteiger partial charge in [0, 0.05) is 0 Å². The molecule has 0 radical (unpaired) electrons. The maximum atomic E-state index is 12.6. The van der Waals surface area contributed by atoms with Gasteiger partial charge in [0.2, 0.25) is 0 Å². The second-order valence-corrected chi connectivity index (χ2v) is 8.50. The van der Waals surface area contributed by atoms with E-state index in [9.17, 15) is 8.42 Å². The smallest absolute Gasteiger partial charge is 0.339 e. The van der Waals surface area contributed by atoms with Crippen LogP contribution in [0.1, 0.15) is 18.1 Å². The van der Waals surface area contributed by atoms with Crippen molar-refractivity contribution in [2.24, 2.45) is 10.8 Å². The molecule has 0 amide bonds. The number of hydrazone groups is 1. The van der Waals surface area contributed by atoms with Crippen LogP contribution in [0.2, 0.25) is 0 Å². The fourth-order valence-electron chi connectivity index (χ4n) is 2.04. The molecule has 0 aliphatic carbocycles. The third kappa shape index (κ3) is 6.04. The van der Waals surface area contributed by atoms with E-state index in [1.54, 1.807) is 31.2 Å². The average molecular weight is 519 g/mol. The van der Waals surface area contributed by atoms with Crippen LogP contribution in [0, 0.1) is 10.5 Å². The molecule has 0 aliphatic heterocycles. The number of halogens is 1. The van der Waals surface area contributed by atoms with Crippen molar-refractivity contribution in [1.82, 2.24) is 5.43 Å². The first-order valence-corrected chi connectivity index (χ1v) is 10.7. The third-order valence-corrected chi connectivity index (χ3v) is 5.35. The van der Waals surface area contributed by atoms with E-state index in [0.29, 0.717) is 15.7 Å². The Bertz CT molecular complexity index is 961. The van der Waals surface area contributed by atoms with Gasteiger partial charge in [0.1, 0.15) is 4.90 Å². The molecule has 27 heavy (non-hydrogen) atoms. The van der Waals surface area contributed by atoms with Crippen LogP contribution in [0.4, 0.5) is 0 Å². The first-order chi connectivity index (χ1) is 12.7. The van der Waals surface area contributed by atoms with Crippen molar-refractivity contribution < 1.29 is 17.3 Å². The fraction of sp³-hybridized carbons (Fsp3) is 0.176. The van der Waals surface area contributed by atoms with Gasteiger partial charge >= 0.3 is 10.1 Å². The lowest BCUT2D eigenvalue weighted by Gasteiger charge is -2.14. The normalized spacial score (nSPS) is 11.4. The predicted molar refractivity (Wildman–Crippen MR) is 117 cm³/mol. The highest BCUT2D eigenvalue weighted by Gasteiger charge is 2.22. The molecule has 10 heteroatoms. The van der Waals surface area contributed by atoms with E-state index in [-0.39, 0.29) is 21.5 Å². The van der Waals surface area contributed by atoms with Crippen LogP contribution in [0.3, 0.4) is 0 Å². The van der Waals surface area contributed by atoms with E-state index >= 15 is 0 Å². The Morgan fingerprint density at radius 2 is 2.00 bits per heavy atom. The summed E-state index contributed by atoms with van der Waals surface area (Å²) in [6.07, 6.45) is 1.49. The molecule has 0 fully saturated rings. The maximum Gasteiger partial charge on any atom is 0.339 e. The quantitative estimate of drug-likeness (QED) is 0.191. The Hall–Kier alpha value is -1.92. The molecule has 0 unspecified atom stereocenters. The van der Waals surface area contributed by atoms with Gasteiger partial charge in [0.15, 0.2) is 16.6 Å². The van der Waals surface area contributed by atoms with E-state index in [1.165, 1.54) is 18.3 Å². The number of rotatable bonds is 7. The number of benzene rings is 2. The molecule has 0 aliphatic rings. The molecule has 144 valence electrons. The maximum absolute atomic E-state index is 12.6. The van der Waals surface area contributed by atoms with E-state index in [0.717, 1.165) is 5.56 Å². The number of aryl methyl sites for hydroxylation is 1. The molecule has 0 spiro atoms. The summed E-state index contributed by atoms with van der Waals surface area (Å²) in [5, 5.41) is 3.92. The molecule has 0 aromatic heterocycles. The molecular weight excluding hydrogens is 501 g/mol. The van der Waals surface area contributed by atoms with Gasteiger partial charge < -0.3 is 14.7 Å². The monoisotopic (exact) mass is 519 g/mol. The topological polar surface area (TPSA) is 103 Å². The van der Waals surface area contributed by atoms with Crippen LogP contribution in [0.15, 0.2) is 46.4 Å². The van der Waals surface area contributed by atoms with Crippen molar-refractivity contribution in [3.05, 3.63) is 51.1 Å². The van der Waals surface area contributed by atoms with Gasteiger partial charge in [0.05, 0.1) is 16.4 Å². The average Bonchev–Trinajstić information content (AvgIpc) is 2.58. The van der Waals surface area contributed by atoms with Gasteiger partial charge in [-0.1, -0.05) is 17.7 Å². The van der Waals surface area contributed by atoms with Gasteiger partial charge in [-0.15, -0.1) is 0 Å². The zero-order chi connectivity index (χ0) is 20.0. The van der Waals surface area contributed by atoms with Gasteiger partial charge in [-0.2, -0.15) is 13.5 Å². The lowest BCUT2D eigenvalue weighted by molar-refractivity contribution is 0.327. The van der Waals surface area contributed by atoms with Crippen molar-refractivity contribution in [1.29, 1.82) is 0 Å². The van der Waals surface area contributed by atoms with E-state index < -0.39 is 10.1 Å². The first-order valence-electron chi connectivity index (χ1n) is 7.79. The highest BCUT2D eigenvalue weighted by Crippen LogP contribution is 2.36. The highest BCUT2D eigenvalue weighted by molar-refractivity contribution is 14.1. The molecule has 0 saturated heterocycles. The van der Waals surface area contributed by atoms with Crippen LogP contribution in [-0.4, -0.2) is 26.4 Å². The number of nitrogens with zero attached hydrogens (tertiary/aromatic N) is 1. The standard InChI is InChI=1S/C17H18IN3O4S2/c1-3-24-15-9-12(10-20-21-17(19)26)8-14(18)16(15)25-27(22,23)13-6-4-11(2)5-7-13/h4-10H,3H2,1-2H3,(H3,19,21,26)/b20-10-. The number of thiocarbonyl (C=S) groups is 1. The SMILES string of the molecule is CCOc1cc(/C=N\NC(N)=S)cc(I)c1OS(=O)(=O)c1ccc(C)cc1. The lowest BCUT2D eigenvalue weighted by Crippen LogP contribution is -2.24. The first kappa shape index (κ1) is 21.4. The van der Waals surface area contributed by atoms with Crippen LogP contribution in [-0.2, 0) is 10.1 Å². The zero-order valence-electron chi connectivity index (χ0n) is 14.6. The Labute approximate surface area is 177 Å². The van der Waals surface area contributed by atoms with Gasteiger partial charge in [-0.05, 0) is 78.5 Å². The summed E-state index contributed by atoms with van der Waals surface area (Å²) in [4.78, 5) is 0.0673. The number of nitrogens with two attached hydrogens (primary N) is 1. The summed E-state index contributed by atoms with van der Waals surface area (Å²) >= 11 is 6.66. The molecule has 0 atom stereocenters. The summed E-state index contributed by atoms with van der Waals surface area (Å²) in [5.41, 5.74) is 9.38. The fourth-order valence-corrected chi connectivity index (χ4v) is 3.93. The highest BCUT2D eigenvalue weighted by atomic mass is 127.